The van der Waals surface area contributed by atoms with Gasteiger partial charge in [0, 0.05) is 18.2 Å². The fraction of sp³-hybridized carbons (Fsp3) is 0.600. The average Bonchev–Trinajstić information content (AvgIpc) is 2.91. The van der Waals surface area contributed by atoms with E-state index >= 15 is 0 Å². The summed E-state index contributed by atoms with van der Waals surface area (Å²) in [7, 11) is 0. The predicted molar refractivity (Wildman–Crippen MR) is 71.0 cm³/mol. The van der Waals surface area contributed by atoms with Gasteiger partial charge in [-0.05, 0) is 25.8 Å². The van der Waals surface area contributed by atoms with Crippen LogP contribution >= 0.6 is 0 Å². The van der Waals surface area contributed by atoms with Gasteiger partial charge in [0.05, 0.1) is 12.7 Å². The molecule has 106 valence electrons. The molecule has 0 aliphatic heterocycles. The number of benzene rings is 1. The minimum Gasteiger partial charge on any atom is -0.377 e. The summed E-state index contributed by atoms with van der Waals surface area (Å²) in [5.41, 5.74) is 0.362. The van der Waals surface area contributed by atoms with Crippen LogP contribution in [0.3, 0.4) is 0 Å². The number of halogens is 2. The van der Waals surface area contributed by atoms with Crippen molar-refractivity contribution in [1.29, 1.82) is 0 Å². The Morgan fingerprint density at radius 3 is 2.79 bits per heavy atom. The van der Waals surface area contributed by atoms with E-state index in [2.05, 4.69) is 5.32 Å². The molecule has 0 spiro atoms. The molecule has 1 N–H and O–H groups in total. The van der Waals surface area contributed by atoms with E-state index in [1.54, 1.807) is 6.07 Å². The molecule has 0 aromatic heterocycles. The van der Waals surface area contributed by atoms with Crippen LogP contribution in [0.15, 0.2) is 18.2 Å². The lowest BCUT2D eigenvalue weighted by Crippen LogP contribution is -2.25. The van der Waals surface area contributed by atoms with Crippen LogP contribution in [0.25, 0.3) is 0 Å². The molecule has 1 atom stereocenters. The lowest BCUT2D eigenvalue weighted by atomic mass is 10.1. The van der Waals surface area contributed by atoms with Crippen LogP contribution in [0.4, 0.5) is 8.78 Å². The van der Waals surface area contributed by atoms with Crippen LogP contribution in [0.2, 0.25) is 0 Å². The summed E-state index contributed by atoms with van der Waals surface area (Å²) in [5.74, 6) is -1.56. The first kappa shape index (κ1) is 14.4. The summed E-state index contributed by atoms with van der Waals surface area (Å²) in [5, 5.41) is 3.16. The lowest BCUT2D eigenvalue weighted by molar-refractivity contribution is 0.0593. The Morgan fingerprint density at radius 1 is 1.32 bits per heavy atom. The molecule has 1 saturated carbocycles. The van der Waals surface area contributed by atoms with E-state index in [-0.39, 0.29) is 6.04 Å². The van der Waals surface area contributed by atoms with Crippen molar-refractivity contribution in [2.24, 2.45) is 0 Å². The summed E-state index contributed by atoms with van der Waals surface area (Å²) in [6.07, 6.45) is 5.19. The monoisotopic (exact) mass is 269 g/mol. The van der Waals surface area contributed by atoms with Gasteiger partial charge < -0.3 is 10.1 Å². The third kappa shape index (κ3) is 3.98. The SMILES string of the molecule is CC(NCCOC1CCCC1)c1cccc(F)c1F. The fourth-order valence-electron chi connectivity index (χ4n) is 2.52. The molecule has 1 aromatic carbocycles. The standard InChI is InChI=1S/C15H21F2NO/c1-11(13-7-4-8-14(16)15(13)17)18-9-10-19-12-5-2-3-6-12/h4,7-8,11-12,18H,2-3,5-6,9-10H2,1H3. The second-order valence-electron chi connectivity index (χ2n) is 5.10. The van der Waals surface area contributed by atoms with Crippen LogP contribution in [0.1, 0.15) is 44.2 Å². The first-order valence-electron chi connectivity index (χ1n) is 6.97. The molecule has 1 aliphatic carbocycles. The second-order valence-corrected chi connectivity index (χ2v) is 5.10. The summed E-state index contributed by atoms with van der Waals surface area (Å²) in [4.78, 5) is 0. The van der Waals surface area contributed by atoms with Crippen LogP contribution < -0.4 is 5.32 Å². The van der Waals surface area contributed by atoms with Crippen molar-refractivity contribution in [3.8, 4) is 0 Å². The van der Waals surface area contributed by atoms with Gasteiger partial charge in [0.25, 0.3) is 0 Å². The van der Waals surface area contributed by atoms with Crippen LogP contribution in [0.5, 0.6) is 0 Å². The molecule has 0 saturated heterocycles. The Morgan fingerprint density at radius 2 is 2.05 bits per heavy atom. The highest BCUT2D eigenvalue weighted by atomic mass is 19.2. The maximum atomic E-state index is 13.6. The van der Waals surface area contributed by atoms with Gasteiger partial charge in [0.15, 0.2) is 11.6 Å². The molecule has 19 heavy (non-hydrogen) atoms. The number of ether oxygens (including phenoxy) is 1. The Hall–Kier alpha value is -1.00. The van der Waals surface area contributed by atoms with E-state index in [1.807, 2.05) is 6.92 Å². The molecule has 1 fully saturated rings. The van der Waals surface area contributed by atoms with Gasteiger partial charge in [-0.2, -0.15) is 0 Å². The molecule has 1 unspecified atom stereocenters. The van der Waals surface area contributed by atoms with Gasteiger partial charge >= 0.3 is 0 Å². The summed E-state index contributed by atoms with van der Waals surface area (Å²) < 4.78 is 32.4. The van der Waals surface area contributed by atoms with Crippen LogP contribution in [-0.4, -0.2) is 19.3 Å². The zero-order valence-electron chi connectivity index (χ0n) is 11.3. The van der Waals surface area contributed by atoms with Crippen molar-refractivity contribution >= 4 is 0 Å². The molecule has 4 heteroatoms. The summed E-state index contributed by atoms with van der Waals surface area (Å²) in [6, 6.07) is 4.05. The number of hydrogen-bond donors (Lipinski definition) is 1. The molecular formula is C15H21F2NO. The molecule has 1 aliphatic rings. The normalized spacial score (nSPS) is 17.8. The first-order valence-corrected chi connectivity index (χ1v) is 6.97. The minimum atomic E-state index is -0.798. The Kier molecular flexibility index (Phi) is 5.28. The molecule has 0 radical (unpaired) electrons. The largest absolute Gasteiger partial charge is 0.377 e. The minimum absolute atomic E-state index is 0.220. The Bertz CT molecular complexity index is 405. The van der Waals surface area contributed by atoms with Crippen molar-refractivity contribution in [1.82, 2.24) is 5.32 Å². The van der Waals surface area contributed by atoms with Crippen LogP contribution in [-0.2, 0) is 4.74 Å². The highest BCUT2D eigenvalue weighted by Crippen LogP contribution is 2.21. The Labute approximate surface area is 113 Å². The van der Waals surface area contributed by atoms with Gasteiger partial charge in [-0.1, -0.05) is 25.0 Å². The first-order chi connectivity index (χ1) is 9.18. The summed E-state index contributed by atoms with van der Waals surface area (Å²) >= 11 is 0. The van der Waals surface area contributed by atoms with E-state index in [4.69, 9.17) is 4.74 Å². The van der Waals surface area contributed by atoms with E-state index in [0.29, 0.717) is 24.8 Å². The van der Waals surface area contributed by atoms with Gasteiger partial charge in [0.2, 0.25) is 0 Å². The van der Waals surface area contributed by atoms with E-state index in [1.165, 1.54) is 18.9 Å². The van der Waals surface area contributed by atoms with E-state index < -0.39 is 11.6 Å². The third-order valence-electron chi connectivity index (χ3n) is 3.66. The van der Waals surface area contributed by atoms with Gasteiger partial charge in [0.1, 0.15) is 0 Å². The Balaban J connectivity index is 1.74. The number of nitrogens with one attached hydrogen (secondary N) is 1. The molecule has 1 aromatic rings. The number of hydrogen-bond acceptors (Lipinski definition) is 2. The van der Waals surface area contributed by atoms with E-state index in [0.717, 1.165) is 18.9 Å². The molecular weight excluding hydrogens is 248 g/mol. The van der Waals surface area contributed by atoms with Crippen molar-refractivity contribution in [3.63, 3.8) is 0 Å². The maximum Gasteiger partial charge on any atom is 0.163 e. The fourth-order valence-corrected chi connectivity index (χ4v) is 2.52. The molecule has 0 heterocycles. The zero-order valence-corrected chi connectivity index (χ0v) is 11.3. The van der Waals surface area contributed by atoms with Gasteiger partial charge in [-0.25, -0.2) is 8.78 Å². The van der Waals surface area contributed by atoms with Gasteiger partial charge in [-0.15, -0.1) is 0 Å². The van der Waals surface area contributed by atoms with Crippen molar-refractivity contribution < 1.29 is 13.5 Å². The maximum absolute atomic E-state index is 13.6. The van der Waals surface area contributed by atoms with Crippen molar-refractivity contribution in [3.05, 3.63) is 35.4 Å². The highest BCUT2D eigenvalue weighted by molar-refractivity contribution is 5.21. The molecule has 2 nitrogen and oxygen atoms in total. The molecule has 2 rings (SSSR count). The quantitative estimate of drug-likeness (QED) is 0.797. The molecule has 0 amide bonds. The smallest absolute Gasteiger partial charge is 0.163 e. The summed E-state index contributed by atoms with van der Waals surface area (Å²) in [6.45, 7) is 3.09. The highest BCUT2D eigenvalue weighted by Gasteiger charge is 2.16. The van der Waals surface area contributed by atoms with Crippen LogP contribution in [0, 0.1) is 11.6 Å². The third-order valence-corrected chi connectivity index (χ3v) is 3.66. The van der Waals surface area contributed by atoms with E-state index in [9.17, 15) is 8.78 Å². The van der Waals surface area contributed by atoms with Crippen molar-refractivity contribution in [2.75, 3.05) is 13.2 Å². The average molecular weight is 269 g/mol. The topological polar surface area (TPSA) is 21.3 Å². The lowest BCUT2D eigenvalue weighted by Gasteiger charge is -2.16. The second kappa shape index (κ2) is 6.96. The van der Waals surface area contributed by atoms with Crippen molar-refractivity contribution in [2.45, 2.75) is 44.8 Å². The zero-order chi connectivity index (χ0) is 13.7. The molecule has 0 bridgehead atoms. The predicted octanol–water partition coefficient (Wildman–Crippen LogP) is 3.57. The number of rotatable bonds is 6. The van der Waals surface area contributed by atoms with Gasteiger partial charge in [-0.3, -0.25) is 0 Å².